The molecule has 0 bridgehead atoms. The zero-order valence-electron chi connectivity index (χ0n) is 12.7. The lowest BCUT2D eigenvalue weighted by atomic mass is 10.1. The van der Waals surface area contributed by atoms with Crippen LogP contribution in [0.1, 0.15) is 18.4 Å². The molecular formula is C15H22N2O4. The topological polar surface area (TPSA) is 68.8 Å². The van der Waals surface area contributed by atoms with Crippen molar-refractivity contribution in [2.24, 2.45) is 0 Å². The predicted octanol–water partition coefficient (Wildman–Crippen LogP) is 1.08. The van der Waals surface area contributed by atoms with E-state index in [1.807, 2.05) is 12.1 Å². The second kappa shape index (κ2) is 7.17. The van der Waals surface area contributed by atoms with Gasteiger partial charge in [-0.15, -0.1) is 0 Å². The summed E-state index contributed by atoms with van der Waals surface area (Å²) < 4.78 is 16.1. The van der Waals surface area contributed by atoms with E-state index in [0.717, 1.165) is 18.5 Å². The van der Waals surface area contributed by atoms with Gasteiger partial charge in [-0.2, -0.15) is 0 Å². The Bertz CT molecular complexity index is 505. The number of carbonyl (C=O) groups excluding carboxylic acids is 1. The predicted molar refractivity (Wildman–Crippen MR) is 79.0 cm³/mol. The number of ether oxygens (including phenoxy) is 3. The van der Waals surface area contributed by atoms with Crippen molar-refractivity contribution in [2.45, 2.75) is 25.4 Å². The first-order chi connectivity index (χ1) is 10.2. The van der Waals surface area contributed by atoms with Crippen molar-refractivity contribution < 1.29 is 19.0 Å². The van der Waals surface area contributed by atoms with Crippen LogP contribution in [0.3, 0.4) is 0 Å². The van der Waals surface area contributed by atoms with Crippen LogP contribution < -0.4 is 24.8 Å². The fraction of sp³-hybridized carbons (Fsp3) is 0.533. The first-order valence-corrected chi connectivity index (χ1v) is 6.97. The highest BCUT2D eigenvalue weighted by Gasteiger charge is 2.20. The Morgan fingerprint density at radius 3 is 2.52 bits per heavy atom. The van der Waals surface area contributed by atoms with Crippen LogP contribution in [0.5, 0.6) is 17.2 Å². The van der Waals surface area contributed by atoms with E-state index in [0.29, 0.717) is 30.2 Å². The molecular weight excluding hydrogens is 272 g/mol. The molecule has 2 N–H and O–H groups in total. The Hall–Kier alpha value is -1.95. The standard InChI is InChI=1S/C15H22N2O4/c1-19-12-6-4-10(14(20-2)15(12)21-3)8-16-9-11-5-7-13(18)17-11/h4,6,11,16H,5,7-9H2,1-3H3,(H,17,18). The highest BCUT2D eigenvalue weighted by Crippen LogP contribution is 2.39. The van der Waals surface area contributed by atoms with Crippen LogP contribution in [-0.2, 0) is 11.3 Å². The zero-order chi connectivity index (χ0) is 15.2. The SMILES string of the molecule is COc1ccc(CNCC2CCC(=O)N2)c(OC)c1OC. The Balaban J connectivity index is 2.00. The van der Waals surface area contributed by atoms with Gasteiger partial charge in [0.1, 0.15) is 0 Å². The molecule has 1 aliphatic heterocycles. The first-order valence-electron chi connectivity index (χ1n) is 6.97. The summed E-state index contributed by atoms with van der Waals surface area (Å²) in [5, 5.41) is 6.27. The monoisotopic (exact) mass is 294 g/mol. The van der Waals surface area contributed by atoms with E-state index < -0.39 is 0 Å². The van der Waals surface area contributed by atoms with Crippen molar-refractivity contribution >= 4 is 5.91 Å². The van der Waals surface area contributed by atoms with Gasteiger partial charge in [-0.3, -0.25) is 4.79 Å². The van der Waals surface area contributed by atoms with Crippen LogP contribution in [0, 0.1) is 0 Å². The molecule has 0 aromatic heterocycles. The molecule has 1 heterocycles. The Kier molecular flexibility index (Phi) is 5.27. The average Bonchev–Trinajstić information content (AvgIpc) is 2.91. The maximum Gasteiger partial charge on any atom is 0.220 e. The van der Waals surface area contributed by atoms with Gasteiger partial charge >= 0.3 is 0 Å². The summed E-state index contributed by atoms with van der Waals surface area (Å²) in [6.45, 7) is 1.37. The highest BCUT2D eigenvalue weighted by atomic mass is 16.5. The molecule has 6 heteroatoms. The van der Waals surface area contributed by atoms with Gasteiger partial charge in [-0.05, 0) is 12.5 Å². The molecule has 1 unspecified atom stereocenters. The van der Waals surface area contributed by atoms with Crippen molar-refractivity contribution in [3.05, 3.63) is 17.7 Å². The molecule has 0 radical (unpaired) electrons. The molecule has 1 aliphatic rings. The molecule has 1 amide bonds. The minimum absolute atomic E-state index is 0.130. The molecule has 1 aromatic carbocycles. The Morgan fingerprint density at radius 1 is 1.19 bits per heavy atom. The van der Waals surface area contributed by atoms with E-state index in [1.54, 1.807) is 21.3 Å². The van der Waals surface area contributed by atoms with Gasteiger partial charge < -0.3 is 24.8 Å². The van der Waals surface area contributed by atoms with Gasteiger partial charge in [0.05, 0.1) is 21.3 Å². The molecule has 1 saturated heterocycles. The Morgan fingerprint density at radius 2 is 1.95 bits per heavy atom. The van der Waals surface area contributed by atoms with Crippen LogP contribution in [-0.4, -0.2) is 39.8 Å². The number of hydrogen-bond acceptors (Lipinski definition) is 5. The minimum atomic E-state index is 0.130. The minimum Gasteiger partial charge on any atom is -0.493 e. The molecule has 0 aliphatic carbocycles. The van der Waals surface area contributed by atoms with Crippen molar-refractivity contribution in [1.29, 1.82) is 0 Å². The molecule has 0 saturated carbocycles. The van der Waals surface area contributed by atoms with Crippen LogP contribution >= 0.6 is 0 Å². The molecule has 0 spiro atoms. The van der Waals surface area contributed by atoms with Crippen LogP contribution in [0.25, 0.3) is 0 Å². The first kappa shape index (κ1) is 15.4. The summed E-state index contributed by atoms with van der Waals surface area (Å²) in [6, 6.07) is 4.01. The number of rotatable bonds is 7. The maximum atomic E-state index is 11.2. The number of nitrogens with one attached hydrogen (secondary N) is 2. The maximum absolute atomic E-state index is 11.2. The van der Waals surface area contributed by atoms with E-state index in [2.05, 4.69) is 10.6 Å². The van der Waals surface area contributed by atoms with Crippen molar-refractivity contribution in [2.75, 3.05) is 27.9 Å². The number of carbonyl (C=O) groups is 1. The number of benzene rings is 1. The fourth-order valence-corrected chi connectivity index (χ4v) is 2.51. The lowest BCUT2D eigenvalue weighted by Gasteiger charge is -2.17. The summed E-state index contributed by atoms with van der Waals surface area (Å²) in [6.07, 6.45) is 1.50. The van der Waals surface area contributed by atoms with E-state index in [9.17, 15) is 4.79 Å². The van der Waals surface area contributed by atoms with Crippen molar-refractivity contribution in [3.63, 3.8) is 0 Å². The molecule has 1 atom stereocenters. The summed E-state index contributed by atoms with van der Waals surface area (Å²) in [5.41, 5.74) is 0.986. The number of hydrogen-bond donors (Lipinski definition) is 2. The van der Waals surface area contributed by atoms with E-state index in [4.69, 9.17) is 14.2 Å². The van der Waals surface area contributed by atoms with Gasteiger partial charge in [0.15, 0.2) is 11.5 Å². The molecule has 21 heavy (non-hydrogen) atoms. The van der Waals surface area contributed by atoms with Gasteiger partial charge in [0.25, 0.3) is 0 Å². The summed E-state index contributed by atoms with van der Waals surface area (Å²) >= 11 is 0. The second-order valence-electron chi connectivity index (χ2n) is 4.93. The lowest BCUT2D eigenvalue weighted by Crippen LogP contribution is -2.35. The third-order valence-corrected chi connectivity index (χ3v) is 3.58. The van der Waals surface area contributed by atoms with Crippen LogP contribution in [0.4, 0.5) is 0 Å². The normalized spacial score (nSPS) is 17.5. The summed E-state index contributed by atoms with van der Waals surface area (Å²) in [7, 11) is 4.79. The molecule has 1 aromatic rings. The van der Waals surface area contributed by atoms with Crippen LogP contribution in [0.15, 0.2) is 12.1 Å². The molecule has 6 nitrogen and oxygen atoms in total. The van der Waals surface area contributed by atoms with Gasteiger partial charge in [0, 0.05) is 31.1 Å². The molecule has 2 rings (SSSR count). The largest absolute Gasteiger partial charge is 0.493 e. The summed E-state index contributed by atoms with van der Waals surface area (Å²) in [5.74, 6) is 2.03. The molecule has 116 valence electrons. The zero-order valence-corrected chi connectivity index (χ0v) is 12.7. The smallest absolute Gasteiger partial charge is 0.220 e. The third-order valence-electron chi connectivity index (χ3n) is 3.58. The van der Waals surface area contributed by atoms with Crippen LogP contribution in [0.2, 0.25) is 0 Å². The lowest BCUT2D eigenvalue weighted by molar-refractivity contribution is -0.119. The van der Waals surface area contributed by atoms with Crippen molar-refractivity contribution in [3.8, 4) is 17.2 Å². The van der Waals surface area contributed by atoms with Gasteiger partial charge in [-0.1, -0.05) is 6.07 Å². The van der Waals surface area contributed by atoms with E-state index in [-0.39, 0.29) is 11.9 Å². The van der Waals surface area contributed by atoms with E-state index in [1.165, 1.54) is 0 Å². The molecule has 1 fully saturated rings. The highest BCUT2D eigenvalue weighted by molar-refractivity contribution is 5.78. The fourth-order valence-electron chi connectivity index (χ4n) is 2.51. The second-order valence-corrected chi connectivity index (χ2v) is 4.93. The van der Waals surface area contributed by atoms with E-state index >= 15 is 0 Å². The Labute approximate surface area is 124 Å². The van der Waals surface area contributed by atoms with Gasteiger partial charge in [0.2, 0.25) is 11.7 Å². The van der Waals surface area contributed by atoms with Gasteiger partial charge in [-0.25, -0.2) is 0 Å². The average molecular weight is 294 g/mol. The third kappa shape index (κ3) is 3.58. The number of amides is 1. The number of methoxy groups -OCH3 is 3. The summed E-state index contributed by atoms with van der Waals surface area (Å²) in [4.78, 5) is 11.2. The quantitative estimate of drug-likeness (QED) is 0.787. The van der Waals surface area contributed by atoms with Crippen molar-refractivity contribution in [1.82, 2.24) is 10.6 Å².